The van der Waals surface area contributed by atoms with E-state index in [0.717, 1.165) is 10.2 Å². The number of aromatic nitrogens is 2. The van der Waals surface area contributed by atoms with E-state index in [4.69, 9.17) is 11.6 Å². The third-order valence-corrected chi connectivity index (χ3v) is 4.34. The Morgan fingerprint density at radius 3 is 2.94 bits per heavy atom. The molecule has 4 nitrogen and oxygen atoms in total. The number of thiophene rings is 2. The monoisotopic (exact) mass is 295 g/mol. The highest BCUT2D eigenvalue weighted by Crippen LogP contribution is 2.26. The van der Waals surface area contributed by atoms with Gasteiger partial charge in [-0.25, -0.2) is 9.97 Å². The molecule has 1 N–H and O–H groups in total. The Hall–Kier alpha value is -1.50. The molecule has 3 heterocycles. The number of halogens is 1. The lowest BCUT2D eigenvalue weighted by Gasteiger charge is -2.03. The molecule has 0 radical (unpaired) electrons. The van der Waals surface area contributed by atoms with E-state index in [1.54, 1.807) is 12.1 Å². The van der Waals surface area contributed by atoms with Crippen LogP contribution in [0.2, 0.25) is 4.34 Å². The number of rotatable bonds is 2. The molecule has 0 spiro atoms. The molecule has 0 saturated heterocycles. The molecule has 18 heavy (non-hydrogen) atoms. The Bertz CT molecular complexity index is 722. The summed E-state index contributed by atoms with van der Waals surface area (Å²) >= 11 is 8.54. The second kappa shape index (κ2) is 4.64. The summed E-state index contributed by atoms with van der Waals surface area (Å²) in [6.07, 6.45) is 1.44. The standard InChI is InChI=1S/C11H6ClN3OS2/c12-8-2-1-7(18-8)10(16)15-9-6-3-4-17-11(6)14-5-13-9/h1-5H,(H,13,14,15,16). The fraction of sp³-hybridized carbons (Fsp3) is 0. The van der Waals surface area contributed by atoms with Crippen molar-refractivity contribution in [2.45, 2.75) is 0 Å². The molecule has 1 amide bonds. The minimum atomic E-state index is -0.210. The zero-order chi connectivity index (χ0) is 12.5. The molecule has 0 aliphatic heterocycles. The predicted molar refractivity (Wildman–Crippen MR) is 74.7 cm³/mol. The topological polar surface area (TPSA) is 54.9 Å². The number of hydrogen-bond donors (Lipinski definition) is 1. The van der Waals surface area contributed by atoms with Gasteiger partial charge in [0, 0.05) is 0 Å². The van der Waals surface area contributed by atoms with Crippen molar-refractivity contribution in [1.82, 2.24) is 9.97 Å². The number of nitrogens with one attached hydrogen (secondary N) is 1. The molecule has 0 saturated carbocycles. The molecule has 0 aliphatic rings. The van der Waals surface area contributed by atoms with Crippen molar-refractivity contribution in [2.75, 3.05) is 5.32 Å². The largest absolute Gasteiger partial charge is 0.305 e. The lowest BCUT2D eigenvalue weighted by molar-refractivity contribution is 0.103. The average Bonchev–Trinajstić information content (AvgIpc) is 2.97. The molecular weight excluding hydrogens is 290 g/mol. The van der Waals surface area contributed by atoms with Gasteiger partial charge in [0.2, 0.25) is 0 Å². The zero-order valence-electron chi connectivity index (χ0n) is 8.88. The summed E-state index contributed by atoms with van der Waals surface area (Å²) in [6, 6.07) is 5.27. The number of anilines is 1. The first-order valence-electron chi connectivity index (χ1n) is 4.99. The second-order valence-corrected chi connectivity index (χ2v) is 6.03. The van der Waals surface area contributed by atoms with E-state index in [1.807, 2.05) is 11.4 Å². The maximum Gasteiger partial charge on any atom is 0.266 e. The minimum absolute atomic E-state index is 0.210. The Kier molecular flexibility index (Phi) is 2.99. The number of nitrogens with zero attached hydrogens (tertiary/aromatic N) is 2. The van der Waals surface area contributed by atoms with Gasteiger partial charge >= 0.3 is 0 Å². The molecular formula is C11H6ClN3OS2. The van der Waals surface area contributed by atoms with Gasteiger partial charge in [0.15, 0.2) is 0 Å². The smallest absolute Gasteiger partial charge is 0.266 e. The summed E-state index contributed by atoms with van der Waals surface area (Å²) in [5.41, 5.74) is 0. The van der Waals surface area contributed by atoms with Crippen LogP contribution in [-0.2, 0) is 0 Å². The van der Waals surface area contributed by atoms with E-state index < -0.39 is 0 Å². The molecule has 0 atom stereocenters. The number of carbonyl (C=O) groups is 1. The average molecular weight is 296 g/mol. The van der Waals surface area contributed by atoms with Crippen molar-refractivity contribution in [3.63, 3.8) is 0 Å². The lowest BCUT2D eigenvalue weighted by atomic mass is 10.3. The van der Waals surface area contributed by atoms with Crippen LogP contribution in [0.25, 0.3) is 10.2 Å². The normalized spacial score (nSPS) is 10.7. The van der Waals surface area contributed by atoms with Crippen LogP contribution in [0.5, 0.6) is 0 Å². The number of carbonyl (C=O) groups excluding carboxylic acids is 1. The van der Waals surface area contributed by atoms with E-state index in [2.05, 4.69) is 15.3 Å². The molecule has 0 unspecified atom stereocenters. The highest BCUT2D eigenvalue weighted by molar-refractivity contribution is 7.18. The van der Waals surface area contributed by atoms with Crippen molar-refractivity contribution >= 4 is 56.2 Å². The first-order valence-corrected chi connectivity index (χ1v) is 7.06. The van der Waals surface area contributed by atoms with Gasteiger partial charge in [-0.05, 0) is 23.6 Å². The van der Waals surface area contributed by atoms with Crippen molar-refractivity contribution in [2.24, 2.45) is 0 Å². The first kappa shape index (κ1) is 11.6. The van der Waals surface area contributed by atoms with Crippen molar-refractivity contribution in [1.29, 1.82) is 0 Å². The number of fused-ring (bicyclic) bond motifs is 1. The van der Waals surface area contributed by atoms with Gasteiger partial charge in [-0.2, -0.15) is 0 Å². The third-order valence-electron chi connectivity index (χ3n) is 2.29. The number of amides is 1. The van der Waals surface area contributed by atoms with Crippen molar-refractivity contribution in [3.05, 3.63) is 39.1 Å². The summed E-state index contributed by atoms with van der Waals surface area (Å²) in [7, 11) is 0. The van der Waals surface area contributed by atoms with Gasteiger partial charge in [0.05, 0.1) is 14.6 Å². The Morgan fingerprint density at radius 1 is 1.28 bits per heavy atom. The summed E-state index contributed by atoms with van der Waals surface area (Å²) < 4.78 is 0.587. The maximum atomic E-state index is 12.0. The summed E-state index contributed by atoms with van der Waals surface area (Å²) in [5, 5.41) is 5.53. The second-order valence-electron chi connectivity index (χ2n) is 3.42. The van der Waals surface area contributed by atoms with Gasteiger partial charge in [-0.1, -0.05) is 11.6 Å². The molecule has 0 fully saturated rings. The Balaban J connectivity index is 1.92. The molecule has 0 aromatic carbocycles. The summed E-state index contributed by atoms with van der Waals surface area (Å²) in [5.74, 6) is 0.314. The molecule has 3 aromatic heterocycles. The third kappa shape index (κ3) is 2.10. The van der Waals surface area contributed by atoms with E-state index in [9.17, 15) is 4.79 Å². The zero-order valence-corrected chi connectivity index (χ0v) is 11.3. The van der Waals surface area contributed by atoms with Gasteiger partial charge in [-0.15, -0.1) is 22.7 Å². The van der Waals surface area contributed by atoms with Crippen LogP contribution in [0.15, 0.2) is 29.9 Å². The summed E-state index contributed by atoms with van der Waals surface area (Å²) in [6.45, 7) is 0. The highest BCUT2D eigenvalue weighted by atomic mass is 35.5. The van der Waals surface area contributed by atoms with Crippen LogP contribution in [0.4, 0.5) is 5.82 Å². The van der Waals surface area contributed by atoms with Gasteiger partial charge in [0.1, 0.15) is 17.0 Å². The maximum absolute atomic E-state index is 12.0. The predicted octanol–water partition coefficient (Wildman–Crippen LogP) is 3.66. The summed E-state index contributed by atoms with van der Waals surface area (Å²) in [4.78, 5) is 21.6. The lowest BCUT2D eigenvalue weighted by Crippen LogP contribution is -2.11. The fourth-order valence-corrected chi connectivity index (χ4v) is 3.17. The van der Waals surface area contributed by atoms with E-state index in [-0.39, 0.29) is 5.91 Å². The molecule has 0 bridgehead atoms. The van der Waals surface area contributed by atoms with Crippen LogP contribution in [-0.4, -0.2) is 15.9 Å². The van der Waals surface area contributed by atoms with Crippen LogP contribution in [0, 0.1) is 0 Å². The van der Waals surface area contributed by atoms with Gasteiger partial charge < -0.3 is 5.32 Å². The Morgan fingerprint density at radius 2 is 2.17 bits per heavy atom. The van der Waals surface area contributed by atoms with Crippen LogP contribution in [0.1, 0.15) is 9.67 Å². The van der Waals surface area contributed by atoms with E-state index >= 15 is 0 Å². The SMILES string of the molecule is O=C(Nc1ncnc2sccc12)c1ccc(Cl)s1. The van der Waals surface area contributed by atoms with Crippen molar-refractivity contribution in [3.8, 4) is 0 Å². The van der Waals surface area contributed by atoms with E-state index in [1.165, 1.54) is 29.0 Å². The van der Waals surface area contributed by atoms with E-state index in [0.29, 0.717) is 15.0 Å². The fourth-order valence-electron chi connectivity index (χ4n) is 1.50. The molecule has 7 heteroatoms. The van der Waals surface area contributed by atoms with Gasteiger partial charge in [0.25, 0.3) is 5.91 Å². The number of hydrogen-bond acceptors (Lipinski definition) is 5. The Labute approximate surface area is 115 Å². The van der Waals surface area contributed by atoms with Gasteiger partial charge in [-0.3, -0.25) is 4.79 Å². The highest BCUT2D eigenvalue weighted by Gasteiger charge is 2.12. The molecule has 90 valence electrons. The first-order chi connectivity index (χ1) is 8.74. The quantitative estimate of drug-likeness (QED) is 0.785. The van der Waals surface area contributed by atoms with Crippen LogP contribution in [0.3, 0.4) is 0 Å². The molecule has 3 rings (SSSR count). The van der Waals surface area contributed by atoms with Crippen LogP contribution >= 0.6 is 34.3 Å². The minimum Gasteiger partial charge on any atom is -0.305 e. The molecule has 0 aliphatic carbocycles. The molecule has 3 aromatic rings. The van der Waals surface area contributed by atoms with Crippen molar-refractivity contribution < 1.29 is 4.79 Å². The van der Waals surface area contributed by atoms with Crippen LogP contribution < -0.4 is 5.32 Å².